The van der Waals surface area contributed by atoms with Gasteiger partial charge in [0, 0.05) is 13.1 Å². The predicted octanol–water partition coefficient (Wildman–Crippen LogP) is 1.13. The first-order valence-corrected chi connectivity index (χ1v) is 8.51. The summed E-state index contributed by atoms with van der Waals surface area (Å²) >= 11 is 0. The van der Waals surface area contributed by atoms with Crippen LogP contribution >= 0.6 is 0 Å². The Kier molecular flexibility index (Phi) is 4.49. The number of benzene rings is 1. The van der Waals surface area contributed by atoms with Crippen molar-refractivity contribution >= 4 is 16.8 Å². The fourth-order valence-corrected chi connectivity index (χ4v) is 3.13. The summed E-state index contributed by atoms with van der Waals surface area (Å²) in [5, 5.41) is 14.4. The van der Waals surface area contributed by atoms with Crippen molar-refractivity contribution in [1.82, 2.24) is 24.6 Å². The number of rotatable bonds is 4. The molecule has 2 aromatic heterocycles. The largest absolute Gasteiger partial charge is 0.467 e. The number of hydrogen-bond donors (Lipinski definition) is 1. The highest BCUT2D eigenvalue weighted by Gasteiger charge is 2.21. The quantitative estimate of drug-likeness (QED) is 0.756. The van der Waals surface area contributed by atoms with E-state index in [2.05, 4.69) is 15.1 Å². The molecule has 1 aromatic carbocycles. The van der Waals surface area contributed by atoms with E-state index in [0.717, 1.165) is 29.6 Å². The molecule has 0 unspecified atom stereocenters. The van der Waals surface area contributed by atoms with E-state index >= 15 is 0 Å². The zero-order valence-electron chi connectivity index (χ0n) is 14.2. The van der Waals surface area contributed by atoms with E-state index in [1.807, 2.05) is 35.0 Å². The van der Waals surface area contributed by atoms with Crippen LogP contribution in [0.1, 0.15) is 17.8 Å². The summed E-state index contributed by atoms with van der Waals surface area (Å²) in [6.07, 6.45) is 2.24. The molecule has 0 fully saturated rings. The highest BCUT2D eigenvalue weighted by molar-refractivity contribution is 5.84. The third kappa shape index (κ3) is 3.23. The molecule has 4 rings (SSSR count). The molecule has 0 spiro atoms. The lowest BCUT2D eigenvalue weighted by atomic mass is 10.2. The van der Waals surface area contributed by atoms with Crippen LogP contribution in [0.5, 0.6) is 5.88 Å². The van der Waals surface area contributed by atoms with Gasteiger partial charge in [-0.1, -0.05) is 12.1 Å². The average molecular weight is 353 g/mol. The molecule has 0 radical (unpaired) electrons. The van der Waals surface area contributed by atoms with Crippen molar-refractivity contribution in [3.63, 3.8) is 0 Å². The van der Waals surface area contributed by atoms with Gasteiger partial charge >= 0.3 is 0 Å². The lowest BCUT2D eigenvalue weighted by molar-refractivity contribution is -0.134. The van der Waals surface area contributed by atoms with E-state index in [1.165, 1.54) is 6.33 Å². The van der Waals surface area contributed by atoms with Crippen LogP contribution in [0.25, 0.3) is 10.9 Å². The number of aliphatic hydroxyl groups excluding tert-OH is 1. The normalized spacial score (nSPS) is 14.1. The number of carbonyl (C=O) groups excluding carboxylic acids is 1. The zero-order valence-corrected chi connectivity index (χ0v) is 14.2. The lowest BCUT2D eigenvalue weighted by Crippen LogP contribution is -2.34. The van der Waals surface area contributed by atoms with Crippen molar-refractivity contribution in [2.45, 2.75) is 26.1 Å². The minimum atomic E-state index is -0.104. The van der Waals surface area contributed by atoms with Crippen molar-refractivity contribution in [2.75, 3.05) is 13.2 Å². The molecule has 1 aliphatic rings. The smallest absolute Gasteiger partial charge is 0.260 e. The number of aliphatic hydroxyl groups is 1. The van der Waals surface area contributed by atoms with Gasteiger partial charge in [0.25, 0.3) is 5.91 Å². The van der Waals surface area contributed by atoms with Crippen LogP contribution in [0.3, 0.4) is 0 Å². The second-order valence-corrected chi connectivity index (χ2v) is 6.16. The molecule has 1 N–H and O–H groups in total. The van der Waals surface area contributed by atoms with Crippen molar-refractivity contribution in [3.05, 3.63) is 48.0 Å². The van der Waals surface area contributed by atoms with E-state index in [9.17, 15) is 9.90 Å². The van der Waals surface area contributed by atoms with Crippen molar-refractivity contribution in [3.8, 4) is 5.88 Å². The molecular weight excluding hydrogens is 334 g/mol. The maximum absolute atomic E-state index is 12.6. The van der Waals surface area contributed by atoms with Crippen LogP contribution in [-0.2, 0) is 24.5 Å². The molecule has 26 heavy (non-hydrogen) atoms. The molecule has 3 aromatic rings. The fourth-order valence-electron chi connectivity index (χ4n) is 3.13. The minimum absolute atomic E-state index is 0.0813. The van der Waals surface area contributed by atoms with Gasteiger partial charge in [-0.15, -0.1) is 0 Å². The van der Waals surface area contributed by atoms with Gasteiger partial charge in [-0.3, -0.25) is 9.48 Å². The summed E-state index contributed by atoms with van der Waals surface area (Å²) in [5.74, 6) is 0.305. The molecule has 3 heterocycles. The molecule has 134 valence electrons. The standard InChI is InChI=1S/C18H19N5O3/c24-10-13-8-14-9-22(6-3-7-23(14)21-13)17(25)11-26-18-15-4-1-2-5-16(15)19-12-20-18/h1-2,4-5,8,12,24H,3,6-7,9-11H2. The Morgan fingerprint density at radius 3 is 3.00 bits per heavy atom. The van der Waals surface area contributed by atoms with Gasteiger partial charge in [0.1, 0.15) is 6.33 Å². The highest BCUT2D eigenvalue weighted by atomic mass is 16.5. The number of amides is 1. The van der Waals surface area contributed by atoms with Crippen LogP contribution in [-0.4, -0.2) is 48.8 Å². The second kappa shape index (κ2) is 7.09. The number of aryl methyl sites for hydroxylation is 1. The monoisotopic (exact) mass is 353 g/mol. The third-order valence-corrected chi connectivity index (χ3v) is 4.42. The predicted molar refractivity (Wildman–Crippen MR) is 93.2 cm³/mol. The molecule has 0 aliphatic carbocycles. The molecule has 0 saturated carbocycles. The van der Waals surface area contributed by atoms with Gasteiger partial charge in [-0.25, -0.2) is 9.97 Å². The maximum atomic E-state index is 12.6. The number of nitrogens with zero attached hydrogens (tertiary/aromatic N) is 5. The van der Waals surface area contributed by atoms with Crippen LogP contribution in [0.2, 0.25) is 0 Å². The lowest BCUT2D eigenvalue weighted by Gasteiger charge is -2.20. The Labute approximate surface area is 150 Å². The van der Waals surface area contributed by atoms with Gasteiger partial charge in [-0.2, -0.15) is 5.10 Å². The Morgan fingerprint density at radius 2 is 2.12 bits per heavy atom. The molecule has 0 bridgehead atoms. The summed E-state index contributed by atoms with van der Waals surface area (Å²) in [7, 11) is 0. The molecular formula is C18H19N5O3. The van der Waals surface area contributed by atoms with Gasteiger partial charge in [0.2, 0.25) is 5.88 Å². The first-order valence-electron chi connectivity index (χ1n) is 8.51. The topological polar surface area (TPSA) is 93.4 Å². The first-order chi connectivity index (χ1) is 12.7. The van der Waals surface area contributed by atoms with Crippen molar-refractivity contribution in [1.29, 1.82) is 0 Å². The van der Waals surface area contributed by atoms with Crippen molar-refractivity contribution in [2.24, 2.45) is 0 Å². The Morgan fingerprint density at radius 1 is 1.23 bits per heavy atom. The number of para-hydroxylation sites is 1. The summed E-state index contributed by atoms with van der Waals surface area (Å²) in [6, 6.07) is 9.36. The number of hydrogen-bond acceptors (Lipinski definition) is 6. The molecule has 1 aliphatic heterocycles. The second-order valence-electron chi connectivity index (χ2n) is 6.16. The Bertz CT molecular complexity index is 934. The van der Waals surface area contributed by atoms with Gasteiger partial charge in [0.15, 0.2) is 6.61 Å². The SMILES string of the molecule is O=C(COc1ncnc2ccccc12)N1CCCn2nc(CO)cc2C1. The van der Waals surface area contributed by atoms with Gasteiger partial charge in [0.05, 0.1) is 35.4 Å². The first kappa shape index (κ1) is 16.5. The number of ether oxygens (including phenoxy) is 1. The number of aromatic nitrogens is 4. The molecule has 8 nitrogen and oxygen atoms in total. The minimum Gasteiger partial charge on any atom is -0.467 e. The van der Waals surface area contributed by atoms with E-state index < -0.39 is 0 Å². The van der Waals surface area contributed by atoms with Crippen LogP contribution in [0.4, 0.5) is 0 Å². The van der Waals surface area contributed by atoms with Crippen LogP contribution in [0.15, 0.2) is 36.7 Å². The van der Waals surface area contributed by atoms with Crippen molar-refractivity contribution < 1.29 is 14.6 Å². The average Bonchev–Trinajstić information content (AvgIpc) is 2.96. The summed E-state index contributed by atoms with van der Waals surface area (Å²) in [4.78, 5) is 22.7. The van der Waals surface area contributed by atoms with Gasteiger partial charge in [-0.05, 0) is 24.6 Å². The third-order valence-electron chi connectivity index (χ3n) is 4.42. The van der Waals surface area contributed by atoms with E-state index in [1.54, 1.807) is 4.90 Å². The maximum Gasteiger partial charge on any atom is 0.260 e. The molecule has 0 saturated heterocycles. The van der Waals surface area contributed by atoms with E-state index in [-0.39, 0.29) is 19.1 Å². The summed E-state index contributed by atoms with van der Waals surface area (Å²) in [6.45, 7) is 1.65. The Balaban J connectivity index is 1.46. The van der Waals surface area contributed by atoms with Gasteiger partial charge < -0.3 is 14.7 Å². The molecule has 0 atom stereocenters. The zero-order chi connectivity index (χ0) is 17.9. The van der Waals surface area contributed by atoms with Crippen LogP contribution < -0.4 is 4.74 Å². The fraction of sp³-hybridized carbons (Fsp3) is 0.333. The van der Waals surface area contributed by atoms with Crippen LogP contribution in [0, 0.1) is 0 Å². The van der Waals surface area contributed by atoms with E-state index in [0.29, 0.717) is 24.7 Å². The summed E-state index contributed by atoms with van der Waals surface area (Å²) in [5.41, 5.74) is 2.32. The number of fused-ring (bicyclic) bond motifs is 2. The molecule has 1 amide bonds. The summed E-state index contributed by atoms with van der Waals surface area (Å²) < 4.78 is 7.54. The highest BCUT2D eigenvalue weighted by Crippen LogP contribution is 2.21. The van der Waals surface area contributed by atoms with E-state index in [4.69, 9.17) is 4.74 Å². The number of carbonyl (C=O) groups is 1. The Hall–Kier alpha value is -3.00. The molecule has 8 heteroatoms.